The number of nitrogens with zero attached hydrogens (tertiary/aromatic N) is 3. The zero-order chi connectivity index (χ0) is 10.7. The van der Waals surface area contributed by atoms with Crippen molar-refractivity contribution in [1.82, 2.24) is 14.9 Å². The second-order valence-corrected chi connectivity index (χ2v) is 2.91. The van der Waals surface area contributed by atoms with E-state index < -0.39 is 7.12 Å². The van der Waals surface area contributed by atoms with Crippen LogP contribution < -0.4 is 5.46 Å². The molecule has 0 saturated heterocycles. The fraction of sp³-hybridized carbons (Fsp3) is 0.286. The van der Waals surface area contributed by atoms with E-state index in [4.69, 9.17) is 10.0 Å². The summed E-state index contributed by atoms with van der Waals surface area (Å²) in [4.78, 5) is 20.0. The molecule has 2 N–H and O–H groups in total. The highest BCUT2D eigenvalue weighted by Gasteiger charge is 2.15. The summed E-state index contributed by atoms with van der Waals surface area (Å²) >= 11 is 0. The van der Waals surface area contributed by atoms with E-state index in [1.165, 1.54) is 17.3 Å². The number of amides is 1. The van der Waals surface area contributed by atoms with Crippen LogP contribution >= 0.6 is 0 Å². The van der Waals surface area contributed by atoms with Gasteiger partial charge in [0.05, 0.1) is 0 Å². The van der Waals surface area contributed by atoms with E-state index in [1.54, 1.807) is 14.1 Å². The molecule has 1 amide bonds. The highest BCUT2D eigenvalue weighted by molar-refractivity contribution is 6.58. The second-order valence-electron chi connectivity index (χ2n) is 2.91. The lowest BCUT2D eigenvalue weighted by atomic mass is 9.83. The molecular weight excluding hydrogens is 185 g/mol. The van der Waals surface area contributed by atoms with Gasteiger partial charge in [-0.1, -0.05) is 0 Å². The minimum absolute atomic E-state index is 0.0272. The lowest BCUT2D eigenvalue weighted by molar-refractivity contribution is 0.0816. The van der Waals surface area contributed by atoms with Crippen molar-refractivity contribution in [1.29, 1.82) is 0 Å². The molecule has 1 rings (SSSR count). The number of aromatic nitrogens is 2. The molecule has 0 fully saturated rings. The molecule has 0 spiro atoms. The average molecular weight is 195 g/mol. The second kappa shape index (κ2) is 4.16. The van der Waals surface area contributed by atoms with E-state index in [0.717, 1.165) is 0 Å². The Balaban J connectivity index is 2.89. The Morgan fingerprint density at radius 3 is 2.21 bits per heavy atom. The van der Waals surface area contributed by atoms with Gasteiger partial charge in [0.15, 0.2) is 0 Å². The highest BCUT2D eigenvalue weighted by atomic mass is 16.4. The van der Waals surface area contributed by atoms with Crippen LogP contribution in [0.5, 0.6) is 0 Å². The molecule has 0 aliphatic carbocycles. The lowest BCUT2D eigenvalue weighted by Gasteiger charge is -2.08. The van der Waals surface area contributed by atoms with Crippen LogP contribution in [0.2, 0.25) is 0 Å². The SMILES string of the molecule is CN(C)C(=O)c1ncc(B(O)O)cn1. The summed E-state index contributed by atoms with van der Waals surface area (Å²) in [7, 11) is 1.56. The van der Waals surface area contributed by atoms with Crippen molar-refractivity contribution in [3.63, 3.8) is 0 Å². The molecule has 14 heavy (non-hydrogen) atoms. The van der Waals surface area contributed by atoms with Crippen molar-refractivity contribution in [2.75, 3.05) is 14.1 Å². The Bertz CT molecular complexity index is 325. The molecule has 0 aliphatic heterocycles. The van der Waals surface area contributed by atoms with Crippen molar-refractivity contribution in [2.24, 2.45) is 0 Å². The summed E-state index contributed by atoms with van der Waals surface area (Å²) in [6.45, 7) is 0. The van der Waals surface area contributed by atoms with Crippen molar-refractivity contribution in [3.8, 4) is 0 Å². The van der Waals surface area contributed by atoms with Crippen LogP contribution in [0, 0.1) is 0 Å². The molecule has 7 heteroatoms. The molecular formula is C7H10BN3O3. The summed E-state index contributed by atoms with van der Waals surface area (Å²) in [5.41, 5.74) is 0.153. The van der Waals surface area contributed by atoms with Gasteiger partial charge in [-0.3, -0.25) is 4.79 Å². The van der Waals surface area contributed by atoms with Crippen LogP contribution in [0.4, 0.5) is 0 Å². The summed E-state index contributed by atoms with van der Waals surface area (Å²) in [6.07, 6.45) is 2.41. The minimum atomic E-state index is -1.61. The first-order chi connectivity index (χ1) is 6.52. The van der Waals surface area contributed by atoms with Crippen LogP contribution in [0.15, 0.2) is 12.4 Å². The molecule has 0 aromatic carbocycles. The number of carbonyl (C=O) groups excluding carboxylic acids is 1. The Morgan fingerprint density at radius 1 is 1.36 bits per heavy atom. The standard InChI is InChI=1S/C7H10BN3O3/c1-11(2)7(12)6-9-3-5(4-10-6)8(13)14/h3-4,13-14H,1-2H3. The maximum atomic E-state index is 11.3. The van der Waals surface area contributed by atoms with Gasteiger partial charge in [-0.2, -0.15) is 0 Å². The third kappa shape index (κ3) is 2.27. The van der Waals surface area contributed by atoms with Crippen LogP contribution in [0.25, 0.3) is 0 Å². The third-order valence-electron chi connectivity index (χ3n) is 1.57. The van der Waals surface area contributed by atoms with Gasteiger partial charge >= 0.3 is 7.12 Å². The van der Waals surface area contributed by atoms with E-state index >= 15 is 0 Å². The first-order valence-electron chi connectivity index (χ1n) is 3.92. The maximum Gasteiger partial charge on any atom is 0.491 e. The van der Waals surface area contributed by atoms with Crippen molar-refractivity contribution >= 4 is 18.5 Å². The number of rotatable bonds is 2. The predicted octanol–water partition coefficient (Wildman–Crippen LogP) is -2.14. The Morgan fingerprint density at radius 2 is 1.86 bits per heavy atom. The Kier molecular flexibility index (Phi) is 3.16. The molecule has 0 radical (unpaired) electrons. The maximum absolute atomic E-state index is 11.3. The van der Waals surface area contributed by atoms with Crippen LogP contribution in [-0.2, 0) is 0 Å². The Hall–Kier alpha value is -1.47. The fourth-order valence-electron chi connectivity index (χ4n) is 0.782. The van der Waals surface area contributed by atoms with Crippen LogP contribution in [0.1, 0.15) is 10.6 Å². The molecule has 1 heterocycles. The molecule has 0 saturated carbocycles. The first-order valence-corrected chi connectivity index (χ1v) is 3.92. The molecule has 0 unspecified atom stereocenters. The molecule has 1 aromatic rings. The van der Waals surface area contributed by atoms with Crippen LogP contribution in [0.3, 0.4) is 0 Å². The number of hydrogen-bond acceptors (Lipinski definition) is 5. The largest absolute Gasteiger partial charge is 0.491 e. The van der Waals surface area contributed by atoms with Gasteiger partial charge in [0, 0.05) is 32.0 Å². The topological polar surface area (TPSA) is 86.6 Å². The van der Waals surface area contributed by atoms with E-state index in [-0.39, 0.29) is 17.2 Å². The lowest BCUT2D eigenvalue weighted by Crippen LogP contribution is -2.32. The third-order valence-corrected chi connectivity index (χ3v) is 1.57. The molecule has 1 aromatic heterocycles. The van der Waals surface area contributed by atoms with Gasteiger partial charge in [-0.15, -0.1) is 0 Å². The fourth-order valence-corrected chi connectivity index (χ4v) is 0.782. The molecule has 0 aliphatic rings. The molecule has 0 bridgehead atoms. The zero-order valence-corrected chi connectivity index (χ0v) is 7.88. The zero-order valence-electron chi connectivity index (χ0n) is 7.88. The van der Waals surface area contributed by atoms with Gasteiger partial charge < -0.3 is 14.9 Å². The Labute approximate surface area is 81.4 Å². The predicted molar refractivity (Wildman–Crippen MR) is 49.9 cm³/mol. The summed E-state index contributed by atoms with van der Waals surface area (Å²) in [6, 6.07) is 0. The summed E-state index contributed by atoms with van der Waals surface area (Å²) in [5.74, 6) is -0.302. The highest BCUT2D eigenvalue weighted by Crippen LogP contribution is 1.91. The smallest absolute Gasteiger partial charge is 0.423 e. The van der Waals surface area contributed by atoms with Crippen LogP contribution in [-0.4, -0.2) is 52.0 Å². The van der Waals surface area contributed by atoms with Crippen molar-refractivity contribution < 1.29 is 14.8 Å². The van der Waals surface area contributed by atoms with Crippen molar-refractivity contribution in [2.45, 2.75) is 0 Å². The van der Waals surface area contributed by atoms with E-state index in [1.807, 2.05) is 0 Å². The quantitative estimate of drug-likeness (QED) is 0.525. The van der Waals surface area contributed by atoms with E-state index in [0.29, 0.717) is 0 Å². The van der Waals surface area contributed by atoms with Crippen molar-refractivity contribution in [3.05, 3.63) is 18.2 Å². The van der Waals surface area contributed by atoms with Gasteiger partial charge in [-0.25, -0.2) is 9.97 Å². The number of hydrogen-bond donors (Lipinski definition) is 2. The van der Waals surface area contributed by atoms with E-state index in [2.05, 4.69) is 9.97 Å². The minimum Gasteiger partial charge on any atom is -0.423 e. The van der Waals surface area contributed by atoms with Gasteiger partial charge in [0.25, 0.3) is 5.91 Å². The van der Waals surface area contributed by atoms with Gasteiger partial charge in [-0.05, 0) is 0 Å². The average Bonchev–Trinajstić information content (AvgIpc) is 2.16. The van der Waals surface area contributed by atoms with Gasteiger partial charge in [0.2, 0.25) is 5.82 Å². The molecule has 0 atom stereocenters. The number of carbonyl (C=O) groups is 1. The summed E-state index contributed by atoms with van der Waals surface area (Å²) in [5, 5.41) is 17.5. The first kappa shape index (κ1) is 10.6. The summed E-state index contributed by atoms with van der Waals surface area (Å²) < 4.78 is 0. The molecule has 6 nitrogen and oxygen atoms in total. The molecule has 74 valence electrons. The monoisotopic (exact) mass is 195 g/mol. The normalized spacial score (nSPS) is 9.71. The van der Waals surface area contributed by atoms with Gasteiger partial charge in [0.1, 0.15) is 0 Å². The van der Waals surface area contributed by atoms with E-state index in [9.17, 15) is 4.79 Å².